The number of hydrogen-bond acceptors (Lipinski definition) is 4. The van der Waals surface area contributed by atoms with Gasteiger partial charge in [-0.25, -0.2) is 9.97 Å². The molecule has 5 nitrogen and oxygen atoms in total. The Labute approximate surface area is 158 Å². The van der Waals surface area contributed by atoms with E-state index in [1.54, 1.807) is 6.20 Å². The Morgan fingerprint density at radius 1 is 1.15 bits per heavy atom. The van der Waals surface area contributed by atoms with Gasteiger partial charge in [-0.3, -0.25) is 9.30 Å². The average Bonchev–Trinajstić information content (AvgIpc) is 3.21. The number of halogens is 1. The molecule has 26 heavy (non-hydrogen) atoms. The molecule has 3 unspecified atom stereocenters. The lowest BCUT2D eigenvalue weighted by Crippen LogP contribution is -2.51. The van der Waals surface area contributed by atoms with Crippen molar-refractivity contribution in [2.24, 2.45) is 0 Å². The second kappa shape index (κ2) is 6.34. The van der Waals surface area contributed by atoms with E-state index in [0.717, 1.165) is 35.1 Å². The highest BCUT2D eigenvalue weighted by molar-refractivity contribution is 6.30. The first-order valence-electron chi connectivity index (χ1n) is 9.28. The Morgan fingerprint density at radius 3 is 2.62 bits per heavy atom. The summed E-state index contributed by atoms with van der Waals surface area (Å²) >= 11 is 6.09. The molecule has 0 saturated carbocycles. The Kier molecular flexibility index (Phi) is 3.96. The van der Waals surface area contributed by atoms with Crippen molar-refractivity contribution in [2.45, 2.75) is 37.9 Å². The molecule has 134 valence electrons. The van der Waals surface area contributed by atoms with Crippen molar-refractivity contribution in [3.63, 3.8) is 0 Å². The van der Waals surface area contributed by atoms with Crippen LogP contribution >= 0.6 is 11.6 Å². The first-order chi connectivity index (χ1) is 12.7. The van der Waals surface area contributed by atoms with Crippen molar-refractivity contribution in [2.75, 3.05) is 13.1 Å². The smallest absolute Gasteiger partial charge is 0.234 e. The zero-order valence-electron chi connectivity index (χ0n) is 14.8. The summed E-state index contributed by atoms with van der Waals surface area (Å²) in [6.07, 6.45) is 6.43. The van der Waals surface area contributed by atoms with Gasteiger partial charge in [0.25, 0.3) is 0 Å². The van der Waals surface area contributed by atoms with Gasteiger partial charge in [0.15, 0.2) is 0 Å². The third-order valence-corrected chi connectivity index (χ3v) is 6.00. The van der Waals surface area contributed by atoms with Crippen molar-refractivity contribution >= 4 is 17.4 Å². The van der Waals surface area contributed by atoms with Gasteiger partial charge in [0.1, 0.15) is 0 Å². The summed E-state index contributed by atoms with van der Waals surface area (Å²) in [5, 5.41) is 4.46. The van der Waals surface area contributed by atoms with Crippen LogP contribution in [0.3, 0.4) is 0 Å². The number of piperazine rings is 1. The molecule has 2 aliphatic rings. The fourth-order valence-corrected chi connectivity index (χ4v) is 4.57. The third-order valence-electron chi connectivity index (χ3n) is 5.75. The number of likely N-dealkylation sites (tertiary alicyclic amines) is 1. The molecule has 1 N–H and O–H groups in total. The second-order valence-electron chi connectivity index (χ2n) is 7.41. The van der Waals surface area contributed by atoms with Gasteiger partial charge in [0.2, 0.25) is 5.78 Å². The van der Waals surface area contributed by atoms with Crippen LogP contribution in [0.2, 0.25) is 5.02 Å². The summed E-state index contributed by atoms with van der Waals surface area (Å²) in [5.41, 5.74) is 3.29. The number of imidazole rings is 1. The monoisotopic (exact) mass is 367 g/mol. The molecule has 2 aromatic heterocycles. The number of hydrogen-bond donors (Lipinski definition) is 1. The number of nitrogens with one attached hydrogen (secondary N) is 1. The van der Waals surface area contributed by atoms with Crippen molar-refractivity contribution in [1.82, 2.24) is 24.6 Å². The minimum Gasteiger partial charge on any atom is -0.309 e. The minimum absolute atomic E-state index is 0.269. The quantitative estimate of drug-likeness (QED) is 0.769. The summed E-state index contributed by atoms with van der Waals surface area (Å²) in [6.45, 7) is 4.47. The van der Waals surface area contributed by atoms with Gasteiger partial charge in [-0.15, -0.1) is 0 Å². The van der Waals surface area contributed by atoms with Gasteiger partial charge in [-0.2, -0.15) is 0 Å². The number of nitrogens with zero attached hydrogens (tertiary/aromatic N) is 4. The predicted octanol–water partition coefficient (Wildman–Crippen LogP) is 3.55. The lowest BCUT2D eigenvalue weighted by molar-refractivity contribution is 0.147. The summed E-state index contributed by atoms with van der Waals surface area (Å²) < 4.78 is 2.14. The zero-order chi connectivity index (χ0) is 17.7. The van der Waals surface area contributed by atoms with Crippen LogP contribution in [-0.4, -0.2) is 44.4 Å². The van der Waals surface area contributed by atoms with Gasteiger partial charge in [-0.1, -0.05) is 23.7 Å². The molecule has 6 heteroatoms. The van der Waals surface area contributed by atoms with Gasteiger partial charge in [-0.05, 0) is 38.0 Å². The number of fused-ring (bicyclic) bond motifs is 3. The van der Waals surface area contributed by atoms with Gasteiger partial charge >= 0.3 is 0 Å². The lowest BCUT2D eigenvalue weighted by atomic mass is 10.0. The molecule has 1 aromatic carbocycles. The molecule has 2 saturated heterocycles. The van der Waals surface area contributed by atoms with Crippen LogP contribution in [0.5, 0.6) is 0 Å². The molecule has 0 spiro atoms. The lowest BCUT2D eigenvalue weighted by Gasteiger charge is -2.37. The van der Waals surface area contributed by atoms with Gasteiger partial charge in [0, 0.05) is 54.2 Å². The van der Waals surface area contributed by atoms with Crippen LogP contribution in [0, 0.1) is 0 Å². The second-order valence-corrected chi connectivity index (χ2v) is 7.85. The van der Waals surface area contributed by atoms with Crippen molar-refractivity contribution in [3.05, 3.63) is 53.4 Å². The van der Waals surface area contributed by atoms with E-state index in [-0.39, 0.29) is 6.04 Å². The van der Waals surface area contributed by atoms with Crippen LogP contribution in [0.15, 0.2) is 42.7 Å². The maximum absolute atomic E-state index is 6.09. The molecule has 0 aliphatic carbocycles. The molecule has 0 radical (unpaired) electrons. The number of rotatable bonds is 3. The van der Waals surface area contributed by atoms with Gasteiger partial charge < -0.3 is 5.32 Å². The Hall–Kier alpha value is -1.95. The zero-order valence-corrected chi connectivity index (χ0v) is 15.5. The maximum Gasteiger partial charge on any atom is 0.234 e. The number of aromatic nitrogens is 3. The SMILES string of the molecule is CC(c1c(-c2ccc(Cl)cc2)nc2ncccn12)N1CC2CCC(C1)N2. The summed E-state index contributed by atoms with van der Waals surface area (Å²) in [4.78, 5) is 11.9. The largest absolute Gasteiger partial charge is 0.309 e. The fourth-order valence-electron chi connectivity index (χ4n) is 4.44. The van der Waals surface area contributed by atoms with Crippen LogP contribution in [0.25, 0.3) is 17.0 Å². The molecule has 2 aliphatic heterocycles. The highest BCUT2D eigenvalue weighted by atomic mass is 35.5. The van der Waals surface area contributed by atoms with Crippen LogP contribution < -0.4 is 5.32 Å². The molecule has 4 heterocycles. The molecule has 5 rings (SSSR count). The topological polar surface area (TPSA) is 45.5 Å². The van der Waals surface area contributed by atoms with Crippen molar-refractivity contribution in [1.29, 1.82) is 0 Å². The van der Waals surface area contributed by atoms with E-state index in [1.165, 1.54) is 18.5 Å². The minimum atomic E-state index is 0.269. The van der Waals surface area contributed by atoms with E-state index in [0.29, 0.717) is 12.1 Å². The summed E-state index contributed by atoms with van der Waals surface area (Å²) in [5.74, 6) is 0.748. The molecular weight excluding hydrogens is 346 g/mol. The first-order valence-corrected chi connectivity index (χ1v) is 9.66. The standard InChI is InChI=1S/C20H22ClN5/c1-13(25-11-16-7-8-17(12-25)23-16)19-18(14-3-5-15(21)6-4-14)24-20-22-9-2-10-26(19)20/h2-6,9-10,13,16-17,23H,7-8,11-12H2,1H3. The van der Waals surface area contributed by atoms with Crippen LogP contribution in [0.4, 0.5) is 0 Å². The van der Waals surface area contributed by atoms with E-state index in [2.05, 4.69) is 32.7 Å². The first kappa shape index (κ1) is 16.2. The fraction of sp³-hybridized carbons (Fsp3) is 0.400. The molecule has 2 fully saturated rings. The van der Waals surface area contributed by atoms with E-state index >= 15 is 0 Å². The predicted molar refractivity (Wildman–Crippen MR) is 103 cm³/mol. The summed E-state index contributed by atoms with van der Waals surface area (Å²) in [6, 6.07) is 11.4. The highest BCUT2D eigenvalue weighted by Crippen LogP contribution is 2.34. The van der Waals surface area contributed by atoms with E-state index in [1.807, 2.05) is 30.3 Å². The van der Waals surface area contributed by atoms with E-state index < -0.39 is 0 Å². The average molecular weight is 368 g/mol. The van der Waals surface area contributed by atoms with E-state index in [9.17, 15) is 0 Å². The third kappa shape index (κ3) is 2.71. The maximum atomic E-state index is 6.09. The Balaban J connectivity index is 1.61. The number of benzene rings is 1. The van der Waals surface area contributed by atoms with Crippen LogP contribution in [-0.2, 0) is 0 Å². The molecule has 2 bridgehead atoms. The highest BCUT2D eigenvalue weighted by Gasteiger charge is 2.36. The molecule has 3 atom stereocenters. The van der Waals surface area contributed by atoms with Crippen molar-refractivity contribution in [3.8, 4) is 11.3 Å². The molecule has 0 amide bonds. The van der Waals surface area contributed by atoms with Gasteiger partial charge in [0.05, 0.1) is 11.4 Å². The summed E-state index contributed by atoms with van der Waals surface area (Å²) in [7, 11) is 0. The molecular formula is C20H22ClN5. The van der Waals surface area contributed by atoms with Crippen LogP contribution in [0.1, 0.15) is 31.5 Å². The Morgan fingerprint density at radius 2 is 1.88 bits per heavy atom. The van der Waals surface area contributed by atoms with Crippen molar-refractivity contribution < 1.29 is 0 Å². The Bertz CT molecular complexity index is 923. The molecule has 3 aromatic rings. The normalized spacial score (nSPS) is 24.2. The van der Waals surface area contributed by atoms with E-state index in [4.69, 9.17) is 16.6 Å².